The summed E-state index contributed by atoms with van der Waals surface area (Å²) in [5, 5.41) is 5.33. The second-order valence-electron chi connectivity index (χ2n) is 12.4. The number of halogens is 4. The first kappa shape index (κ1) is 42.4. The molecule has 3 rings (SSSR count). The van der Waals surface area contributed by atoms with Gasteiger partial charge < -0.3 is 29.8 Å². The van der Waals surface area contributed by atoms with E-state index in [4.69, 9.17) is 14.3 Å². The Labute approximate surface area is 288 Å². The van der Waals surface area contributed by atoms with Crippen LogP contribution in [-0.2, 0) is 16.0 Å². The molecule has 1 aliphatic rings. The van der Waals surface area contributed by atoms with Crippen molar-refractivity contribution < 1.29 is 36.6 Å². The maximum absolute atomic E-state index is 14.9. The van der Waals surface area contributed by atoms with Gasteiger partial charge in [0.2, 0.25) is 0 Å². The Bertz CT molecular complexity index is 1540. The largest absolute Gasteiger partial charge is 0.495 e. The Morgan fingerprint density at radius 3 is 2.29 bits per heavy atom. The van der Waals surface area contributed by atoms with Crippen LogP contribution in [0.5, 0.6) is 5.75 Å². The van der Waals surface area contributed by atoms with Crippen molar-refractivity contribution in [1.29, 1.82) is 0 Å². The van der Waals surface area contributed by atoms with E-state index in [1.807, 2.05) is 91.6 Å². The van der Waals surface area contributed by atoms with Crippen molar-refractivity contribution in [1.82, 2.24) is 10.2 Å². The van der Waals surface area contributed by atoms with Gasteiger partial charge in [0, 0.05) is 45.8 Å². The molecular formula is C37H50F4N4O4. The van der Waals surface area contributed by atoms with Gasteiger partial charge in [0.15, 0.2) is 0 Å². The van der Waals surface area contributed by atoms with Gasteiger partial charge in [-0.2, -0.15) is 13.2 Å². The summed E-state index contributed by atoms with van der Waals surface area (Å²) in [4.78, 5) is 26.3. The zero-order valence-electron chi connectivity index (χ0n) is 30.2. The lowest BCUT2D eigenvalue weighted by Crippen LogP contribution is -2.32. The topological polar surface area (TPSA) is 92.3 Å². The normalized spacial score (nSPS) is 14.9. The van der Waals surface area contributed by atoms with Gasteiger partial charge in [0.05, 0.1) is 24.1 Å². The molecule has 0 spiro atoms. The maximum atomic E-state index is 14.9. The van der Waals surface area contributed by atoms with Crippen LogP contribution in [0.4, 0.5) is 23.2 Å². The number of hydrogen-bond acceptors (Lipinski definition) is 7. The van der Waals surface area contributed by atoms with Gasteiger partial charge in [-0.3, -0.25) is 4.79 Å². The molecule has 1 aliphatic carbocycles. The minimum absolute atomic E-state index is 0.0276. The molecule has 2 aromatic rings. The van der Waals surface area contributed by atoms with Gasteiger partial charge in [-0.15, -0.1) is 0 Å². The number of hydrogen-bond donors (Lipinski definition) is 2. The van der Waals surface area contributed by atoms with E-state index in [9.17, 15) is 22.4 Å². The predicted octanol–water partition coefficient (Wildman–Crippen LogP) is 8.78. The summed E-state index contributed by atoms with van der Waals surface area (Å²) < 4.78 is 68.9. The van der Waals surface area contributed by atoms with E-state index in [2.05, 4.69) is 22.2 Å². The highest BCUT2D eigenvalue weighted by molar-refractivity contribution is 5.95. The lowest BCUT2D eigenvalue weighted by Gasteiger charge is -2.23. The lowest BCUT2D eigenvalue weighted by molar-refractivity contribution is -0.0980. The monoisotopic (exact) mass is 690 g/mol. The van der Waals surface area contributed by atoms with Crippen molar-refractivity contribution in [2.75, 3.05) is 33.1 Å². The van der Waals surface area contributed by atoms with Gasteiger partial charge >= 0.3 is 6.18 Å². The fourth-order valence-corrected chi connectivity index (χ4v) is 4.84. The molecule has 0 heterocycles. The minimum atomic E-state index is -4.79. The molecule has 0 aromatic heterocycles. The third-order valence-electron chi connectivity index (χ3n) is 7.20. The number of alkyl halides is 3. The molecule has 270 valence electrons. The molecule has 12 heteroatoms. The standard InChI is InChI=1S/C34H42F4N4O3.C2H6.CH2O/c1-20-14-31(29(42(7)8)15-23-12-10-11-13-24(20)23)45-21(2)26(34(36,37)38)18-39-22(3)41-28-17-27(35)25(16-30(28)44-9)32(43)40-19-33(4,5)6;2*1-2/h10-13,16-18,20,41H,3,14-15,19H2,1-2,4-9H3,(H,40,43);1-2H3;1H2/b26-21-,39-18-;;/t20-;;/m0../s1. The number of aliphatic imine (C=N–C) groups is 1. The van der Waals surface area contributed by atoms with Gasteiger partial charge in [0.1, 0.15) is 41.3 Å². The number of amides is 1. The molecule has 2 aromatic carbocycles. The molecule has 1 amide bonds. The zero-order chi connectivity index (χ0) is 37.7. The molecule has 0 aliphatic heterocycles. The number of methoxy groups -OCH3 is 1. The maximum Gasteiger partial charge on any atom is 0.421 e. The second kappa shape index (κ2) is 18.8. The minimum Gasteiger partial charge on any atom is -0.495 e. The van der Waals surface area contributed by atoms with E-state index in [-0.39, 0.29) is 39.9 Å². The molecular weight excluding hydrogens is 640 g/mol. The molecule has 1 atom stereocenters. The van der Waals surface area contributed by atoms with E-state index in [0.29, 0.717) is 31.4 Å². The first-order valence-electron chi connectivity index (χ1n) is 15.8. The Balaban J connectivity index is 0.00000289. The van der Waals surface area contributed by atoms with Crippen molar-refractivity contribution in [3.63, 3.8) is 0 Å². The van der Waals surface area contributed by atoms with E-state index in [1.54, 1.807) is 0 Å². The number of anilines is 1. The number of fused-ring (bicyclic) bond motifs is 1. The smallest absolute Gasteiger partial charge is 0.421 e. The van der Waals surface area contributed by atoms with Crippen molar-refractivity contribution >= 4 is 24.6 Å². The molecule has 0 fully saturated rings. The summed E-state index contributed by atoms with van der Waals surface area (Å²) >= 11 is 0. The van der Waals surface area contributed by atoms with Gasteiger partial charge in [-0.05, 0) is 35.4 Å². The highest BCUT2D eigenvalue weighted by atomic mass is 19.4. The van der Waals surface area contributed by atoms with E-state index in [0.717, 1.165) is 22.9 Å². The third-order valence-corrected chi connectivity index (χ3v) is 7.20. The summed E-state index contributed by atoms with van der Waals surface area (Å²) in [6.07, 6.45) is -3.25. The van der Waals surface area contributed by atoms with Crippen LogP contribution in [0.25, 0.3) is 0 Å². The number of allylic oxidation sites excluding steroid dienone is 4. The molecule has 0 unspecified atom stereocenters. The first-order valence-corrected chi connectivity index (χ1v) is 15.8. The SMILES string of the molecule is C=C(/N=C\C(=C(/C)OC1=C(N(C)C)Cc2ccccc2[C@@H](C)C1)C(F)(F)F)Nc1cc(F)c(C(=O)NCC(C)(C)C)cc1OC.C=O.CC. The van der Waals surface area contributed by atoms with E-state index in [1.165, 1.54) is 20.1 Å². The Kier molecular flexibility index (Phi) is 16.3. The van der Waals surface area contributed by atoms with Crippen LogP contribution in [-0.4, -0.2) is 57.7 Å². The fourth-order valence-electron chi connectivity index (χ4n) is 4.84. The van der Waals surface area contributed by atoms with Crippen molar-refractivity contribution in [2.24, 2.45) is 10.4 Å². The summed E-state index contributed by atoms with van der Waals surface area (Å²) in [6.45, 7) is 19.0. The van der Waals surface area contributed by atoms with Gasteiger partial charge in [-0.25, -0.2) is 9.38 Å². The van der Waals surface area contributed by atoms with Crippen LogP contribution in [0, 0.1) is 11.2 Å². The van der Waals surface area contributed by atoms with Gasteiger partial charge in [-0.1, -0.05) is 72.4 Å². The fraction of sp³-hybridized carbons (Fsp3) is 0.432. The van der Waals surface area contributed by atoms with E-state index >= 15 is 0 Å². The molecule has 49 heavy (non-hydrogen) atoms. The number of rotatable bonds is 10. The van der Waals surface area contributed by atoms with Crippen LogP contribution >= 0.6 is 0 Å². The van der Waals surface area contributed by atoms with E-state index < -0.39 is 23.5 Å². The quantitative estimate of drug-likeness (QED) is 0.147. The van der Waals surface area contributed by atoms with Crippen LogP contribution in [0.3, 0.4) is 0 Å². The molecule has 0 radical (unpaired) electrons. The van der Waals surface area contributed by atoms with Crippen LogP contribution in [0.1, 0.15) is 82.3 Å². The number of benzene rings is 2. The molecule has 0 saturated carbocycles. The highest BCUT2D eigenvalue weighted by Crippen LogP contribution is 2.37. The lowest BCUT2D eigenvalue weighted by atomic mass is 9.94. The second-order valence-corrected chi connectivity index (χ2v) is 12.4. The average molecular weight is 691 g/mol. The van der Waals surface area contributed by atoms with Crippen LogP contribution in [0.15, 0.2) is 76.6 Å². The molecule has 0 bridgehead atoms. The molecule has 0 saturated heterocycles. The number of ether oxygens (including phenoxy) is 2. The third kappa shape index (κ3) is 12.4. The van der Waals surface area contributed by atoms with Crippen molar-refractivity contribution in [2.45, 2.75) is 73.4 Å². The Morgan fingerprint density at radius 1 is 1.12 bits per heavy atom. The average Bonchev–Trinajstić information content (AvgIpc) is 3.17. The summed E-state index contributed by atoms with van der Waals surface area (Å²) in [6, 6.07) is 10.1. The number of nitrogens with one attached hydrogen (secondary N) is 2. The summed E-state index contributed by atoms with van der Waals surface area (Å²) in [5.74, 6) is -1.53. The van der Waals surface area contributed by atoms with Crippen molar-refractivity contribution in [3.05, 3.63) is 94.1 Å². The zero-order valence-corrected chi connectivity index (χ0v) is 30.2. The van der Waals surface area contributed by atoms with Crippen LogP contribution < -0.4 is 15.4 Å². The Morgan fingerprint density at radius 2 is 1.73 bits per heavy atom. The molecule has 2 N–H and O–H groups in total. The number of carbonyl (C=O) groups is 2. The number of likely N-dealkylation sites (N-methyl/N-ethyl adjacent to an activating group) is 1. The van der Waals surface area contributed by atoms with Crippen molar-refractivity contribution in [3.8, 4) is 5.75 Å². The predicted molar refractivity (Wildman–Crippen MR) is 188 cm³/mol. The van der Waals surface area contributed by atoms with Gasteiger partial charge in [0.25, 0.3) is 5.91 Å². The van der Waals surface area contributed by atoms with Crippen LogP contribution in [0.2, 0.25) is 0 Å². The summed E-state index contributed by atoms with van der Waals surface area (Å²) in [5.41, 5.74) is 1.47. The summed E-state index contributed by atoms with van der Waals surface area (Å²) in [7, 11) is 4.98. The Hall–Kier alpha value is -4.61. The number of carbonyl (C=O) groups excluding carboxylic acids is 2. The number of nitrogens with zero attached hydrogens (tertiary/aromatic N) is 2. The molecule has 8 nitrogen and oxygen atoms in total. The first-order chi connectivity index (χ1) is 22.9. The highest BCUT2D eigenvalue weighted by Gasteiger charge is 2.36.